The molecular weight excluding hydrogens is 234 g/mol. The number of hydrogen-bond donors (Lipinski definition) is 1. The first kappa shape index (κ1) is 13.6. The fourth-order valence-electron chi connectivity index (χ4n) is 2.10. The number of ether oxygens (including phenoxy) is 1. The van der Waals surface area contributed by atoms with Crippen molar-refractivity contribution in [3.63, 3.8) is 0 Å². The lowest BCUT2D eigenvalue weighted by Crippen LogP contribution is -2.18. The third-order valence-electron chi connectivity index (χ3n) is 3.14. The monoisotopic (exact) mass is 255 g/mol. The van der Waals surface area contributed by atoms with Crippen LogP contribution in [0.2, 0.25) is 0 Å². The van der Waals surface area contributed by atoms with Crippen LogP contribution in [0.1, 0.15) is 31.0 Å². The molecule has 0 saturated heterocycles. The van der Waals surface area contributed by atoms with Crippen molar-refractivity contribution in [1.29, 1.82) is 0 Å². The second-order valence-corrected chi connectivity index (χ2v) is 4.56. The van der Waals surface area contributed by atoms with Crippen LogP contribution in [0, 0.1) is 0 Å². The van der Waals surface area contributed by atoms with Gasteiger partial charge in [-0.05, 0) is 25.5 Å². The van der Waals surface area contributed by atoms with E-state index in [-0.39, 0.29) is 6.04 Å². The molecule has 0 heterocycles. The second-order valence-electron chi connectivity index (χ2n) is 4.56. The van der Waals surface area contributed by atoms with E-state index < -0.39 is 0 Å². The van der Waals surface area contributed by atoms with Crippen LogP contribution in [0.25, 0.3) is 0 Å². The summed E-state index contributed by atoms with van der Waals surface area (Å²) in [6.07, 6.45) is 0. The summed E-state index contributed by atoms with van der Waals surface area (Å²) in [5.41, 5.74) is 2.50. The average molecular weight is 255 g/mol. The number of para-hydroxylation sites is 1. The maximum Gasteiger partial charge on any atom is 0.124 e. The van der Waals surface area contributed by atoms with Crippen molar-refractivity contribution in [2.45, 2.75) is 26.4 Å². The van der Waals surface area contributed by atoms with E-state index in [1.807, 2.05) is 25.1 Å². The Balaban J connectivity index is 2.01. The van der Waals surface area contributed by atoms with Gasteiger partial charge >= 0.3 is 0 Å². The molecule has 0 aliphatic heterocycles. The number of rotatable bonds is 6. The first-order valence-corrected chi connectivity index (χ1v) is 6.80. The van der Waals surface area contributed by atoms with Gasteiger partial charge in [0.15, 0.2) is 0 Å². The van der Waals surface area contributed by atoms with Crippen LogP contribution in [0.5, 0.6) is 5.75 Å². The first-order valence-electron chi connectivity index (χ1n) is 6.80. The van der Waals surface area contributed by atoms with Crippen molar-refractivity contribution >= 4 is 0 Å². The molecule has 2 aromatic carbocycles. The normalized spacial score (nSPS) is 12.1. The molecule has 2 heteroatoms. The van der Waals surface area contributed by atoms with Crippen LogP contribution in [0.4, 0.5) is 0 Å². The summed E-state index contributed by atoms with van der Waals surface area (Å²) in [5.74, 6) is 0.970. The summed E-state index contributed by atoms with van der Waals surface area (Å²) in [4.78, 5) is 0. The minimum atomic E-state index is 0.267. The van der Waals surface area contributed by atoms with Gasteiger partial charge < -0.3 is 10.1 Å². The largest absolute Gasteiger partial charge is 0.494 e. The lowest BCUT2D eigenvalue weighted by Gasteiger charge is -2.18. The van der Waals surface area contributed by atoms with Crippen molar-refractivity contribution in [2.75, 3.05) is 6.61 Å². The van der Waals surface area contributed by atoms with Gasteiger partial charge in [0.2, 0.25) is 0 Å². The first-order chi connectivity index (χ1) is 9.31. The summed E-state index contributed by atoms with van der Waals surface area (Å²) in [5, 5.41) is 3.53. The fourth-order valence-corrected chi connectivity index (χ4v) is 2.10. The van der Waals surface area contributed by atoms with Crippen LogP contribution in [0.3, 0.4) is 0 Å². The van der Waals surface area contributed by atoms with Gasteiger partial charge in [-0.2, -0.15) is 0 Å². The minimum Gasteiger partial charge on any atom is -0.494 e. The van der Waals surface area contributed by atoms with E-state index in [0.717, 1.165) is 12.3 Å². The summed E-state index contributed by atoms with van der Waals surface area (Å²) in [6.45, 7) is 5.74. The maximum atomic E-state index is 5.67. The van der Waals surface area contributed by atoms with E-state index in [9.17, 15) is 0 Å². The van der Waals surface area contributed by atoms with Crippen molar-refractivity contribution in [1.82, 2.24) is 5.32 Å². The maximum absolute atomic E-state index is 5.67. The molecule has 0 radical (unpaired) electrons. The molecule has 0 bridgehead atoms. The highest BCUT2D eigenvalue weighted by Gasteiger charge is 2.10. The van der Waals surface area contributed by atoms with Crippen LogP contribution >= 0.6 is 0 Å². The molecule has 100 valence electrons. The molecule has 0 spiro atoms. The molecule has 0 aliphatic rings. The molecule has 1 N–H and O–H groups in total. The molecule has 0 aromatic heterocycles. The molecule has 0 saturated carbocycles. The zero-order valence-corrected chi connectivity index (χ0v) is 11.6. The zero-order valence-electron chi connectivity index (χ0n) is 11.6. The Hall–Kier alpha value is -1.80. The van der Waals surface area contributed by atoms with Gasteiger partial charge in [-0.15, -0.1) is 0 Å². The van der Waals surface area contributed by atoms with Gasteiger partial charge in [0.25, 0.3) is 0 Å². The minimum absolute atomic E-state index is 0.267. The van der Waals surface area contributed by atoms with Crippen molar-refractivity contribution in [3.8, 4) is 5.75 Å². The van der Waals surface area contributed by atoms with Gasteiger partial charge in [0.05, 0.1) is 6.61 Å². The number of benzene rings is 2. The standard InChI is InChI=1S/C17H21NO/c1-3-19-17-12-8-7-11-16(17)14(2)18-13-15-9-5-4-6-10-15/h4-12,14,18H,3,13H2,1-2H3. The summed E-state index contributed by atoms with van der Waals surface area (Å²) in [6, 6.07) is 18.9. The van der Waals surface area contributed by atoms with E-state index in [4.69, 9.17) is 4.74 Å². The molecule has 2 nitrogen and oxygen atoms in total. The Morgan fingerprint density at radius 1 is 1.00 bits per heavy atom. The van der Waals surface area contributed by atoms with Crippen LogP contribution in [-0.2, 0) is 6.54 Å². The SMILES string of the molecule is CCOc1ccccc1C(C)NCc1ccccc1. The predicted molar refractivity (Wildman–Crippen MR) is 79.3 cm³/mol. The van der Waals surface area contributed by atoms with Gasteiger partial charge in [0.1, 0.15) is 5.75 Å². The highest BCUT2D eigenvalue weighted by molar-refractivity contribution is 5.35. The molecule has 19 heavy (non-hydrogen) atoms. The molecule has 0 aliphatic carbocycles. The van der Waals surface area contributed by atoms with Gasteiger partial charge in [-0.3, -0.25) is 0 Å². The summed E-state index contributed by atoms with van der Waals surface area (Å²) in [7, 11) is 0. The number of nitrogens with one attached hydrogen (secondary N) is 1. The van der Waals surface area contributed by atoms with Crippen LogP contribution in [0.15, 0.2) is 54.6 Å². The third-order valence-corrected chi connectivity index (χ3v) is 3.14. The van der Waals surface area contributed by atoms with E-state index in [0.29, 0.717) is 6.61 Å². The Kier molecular flexibility index (Phi) is 4.99. The lowest BCUT2D eigenvalue weighted by molar-refractivity contribution is 0.332. The quantitative estimate of drug-likeness (QED) is 0.844. The van der Waals surface area contributed by atoms with E-state index in [1.54, 1.807) is 0 Å². The van der Waals surface area contributed by atoms with Crippen LogP contribution < -0.4 is 10.1 Å². The Labute approximate surface area is 115 Å². The smallest absolute Gasteiger partial charge is 0.124 e. The molecule has 1 atom stereocenters. The Morgan fingerprint density at radius 2 is 1.68 bits per heavy atom. The molecule has 0 fully saturated rings. The van der Waals surface area contributed by atoms with Crippen molar-refractivity contribution < 1.29 is 4.74 Å². The van der Waals surface area contributed by atoms with Gasteiger partial charge in [0, 0.05) is 18.2 Å². The zero-order chi connectivity index (χ0) is 13.5. The van der Waals surface area contributed by atoms with E-state index >= 15 is 0 Å². The molecule has 0 amide bonds. The molecule has 1 unspecified atom stereocenters. The molecular formula is C17H21NO. The summed E-state index contributed by atoms with van der Waals surface area (Å²) < 4.78 is 5.67. The van der Waals surface area contributed by atoms with E-state index in [1.165, 1.54) is 11.1 Å². The second kappa shape index (κ2) is 6.95. The molecule has 2 rings (SSSR count). The van der Waals surface area contributed by atoms with Gasteiger partial charge in [-0.25, -0.2) is 0 Å². The van der Waals surface area contributed by atoms with Gasteiger partial charge in [-0.1, -0.05) is 48.5 Å². The molecule has 2 aromatic rings. The van der Waals surface area contributed by atoms with Crippen LogP contribution in [-0.4, -0.2) is 6.61 Å². The van der Waals surface area contributed by atoms with E-state index in [2.05, 4.69) is 48.6 Å². The summed E-state index contributed by atoms with van der Waals surface area (Å²) >= 11 is 0. The Morgan fingerprint density at radius 3 is 2.42 bits per heavy atom. The third kappa shape index (κ3) is 3.83. The predicted octanol–water partition coefficient (Wildman–Crippen LogP) is 3.94. The highest BCUT2D eigenvalue weighted by Crippen LogP contribution is 2.24. The topological polar surface area (TPSA) is 21.3 Å². The average Bonchev–Trinajstić information content (AvgIpc) is 2.47. The van der Waals surface area contributed by atoms with Crippen molar-refractivity contribution in [2.24, 2.45) is 0 Å². The highest BCUT2D eigenvalue weighted by atomic mass is 16.5. The Bertz CT molecular complexity index is 496. The van der Waals surface area contributed by atoms with Crippen molar-refractivity contribution in [3.05, 3.63) is 65.7 Å². The number of hydrogen-bond acceptors (Lipinski definition) is 2. The fraction of sp³-hybridized carbons (Fsp3) is 0.294. The lowest BCUT2D eigenvalue weighted by atomic mass is 10.1.